The molecule has 1 aliphatic rings. The van der Waals surface area contributed by atoms with Gasteiger partial charge in [0.25, 0.3) is 0 Å². The molecule has 1 fully saturated rings. The molecular weight excluding hydrogens is 388 g/mol. The van der Waals surface area contributed by atoms with E-state index >= 15 is 0 Å². The van der Waals surface area contributed by atoms with E-state index in [0.29, 0.717) is 6.04 Å². The second-order valence-electron chi connectivity index (χ2n) is 6.45. The molecule has 0 spiro atoms. The highest BCUT2D eigenvalue weighted by Gasteiger charge is 2.23. The van der Waals surface area contributed by atoms with Crippen molar-refractivity contribution in [1.29, 1.82) is 0 Å². The van der Waals surface area contributed by atoms with E-state index in [0.717, 1.165) is 35.5 Å². The summed E-state index contributed by atoms with van der Waals surface area (Å²) in [5.74, 6) is -0.0257. The first kappa shape index (κ1) is 21.1. The Morgan fingerprint density at radius 1 is 0.963 bits per heavy atom. The first-order valence-corrected chi connectivity index (χ1v) is 8.64. The van der Waals surface area contributed by atoms with Gasteiger partial charge in [-0.2, -0.15) is 0 Å². The average molecular weight is 410 g/mol. The van der Waals surface area contributed by atoms with Crippen molar-refractivity contribution < 1.29 is 4.39 Å². The Balaban J connectivity index is 0.00000131. The molecule has 2 aromatic heterocycles. The van der Waals surface area contributed by atoms with Crippen molar-refractivity contribution in [2.75, 3.05) is 5.73 Å². The molecule has 0 unspecified atom stereocenters. The van der Waals surface area contributed by atoms with Crippen LogP contribution < -0.4 is 5.73 Å². The van der Waals surface area contributed by atoms with Crippen molar-refractivity contribution in [1.82, 2.24) is 19.5 Å². The molecule has 1 saturated carbocycles. The van der Waals surface area contributed by atoms with E-state index in [9.17, 15) is 4.39 Å². The molecule has 0 atom stereocenters. The van der Waals surface area contributed by atoms with Crippen molar-refractivity contribution >= 4 is 30.8 Å². The van der Waals surface area contributed by atoms with Gasteiger partial charge in [-0.05, 0) is 43.2 Å². The highest BCUT2D eigenvalue weighted by molar-refractivity contribution is 5.85. The van der Waals surface area contributed by atoms with Crippen LogP contribution in [-0.4, -0.2) is 19.5 Å². The maximum Gasteiger partial charge on any atom is 0.220 e. The van der Waals surface area contributed by atoms with Crippen LogP contribution >= 0.6 is 24.8 Å². The molecule has 8 heteroatoms. The molecule has 27 heavy (non-hydrogen) atoms. The summed E-state index contributed by atoms with van der Waals surface area (Å²) in [6.45, 7) is 0. The van der Waals surface area contributed by atoms with Crippen LogP contribution in [0.4, 0.5) is 10.3 Å². The molecule has 0 saturated heterocycles. The third-order valence-electron chi connectivity index (χ3n) is 4.80. The monoisotopic (exact) mass is 409 g/mol. The Morgan fingerprint density at radius 3 is 2.33 bits per heavy atom. The van der Waals surface area contributed by atoms with Gasteiger partial charge in [-0.3, -0.25) is 0 Å². The van der Waals surface area contributed by atoms with Gasteiger partial charge in [0, 0.05) is 17.8 Å². The Hall–Kier alpha value is -2.18. The zero-order valence-electron chi connectivity index (χ0n) is 14.7. The van der Waals surface area contributed by atoms with Crippen LogP contribution in [0.3, 0.4) is 0 Å². The zero-order valence-corrected chi connectivity index (χ0v) is 16.3. The van der Waals surface area contributed by atoms with Gasteiger partial charge in [-0.25, -0.2) is 19.3 Å². The smallest absolute Gasteiger partial charge is 0.220 e. The summed E-state index contributed by atoms with van der Waals surface area (Å²) in [5.41, 5.74) is 9.13. The van der Waals surface area contributed by atoms with E-state index < -0.39 is 0 Å². The van der Waals surface area contributed by atoms with Crippen LogP contribution in [-0.2, 0) is 0 Å². The highest BCUT2D eigenvalue weighted by atomic mass is 35.5. The van der Waals surface area contributed by atoms with Crippen LogP contribution in [0.25, 0.3) is 22.6 Å². The molecule has 5 nitrogen and oxygen atoms in total. The number of rotatable bonds is 3. The summed E-state index contributed by atoms with van der Waals surface area (Å²) >= 11 is 0. The number of anilines is 1. The van der Waals surface area contributed by atoms with E-state index in [1.165, 1.54) is 31.4 Å². The van der Waals surface area contributed by atoms with Crippen molar-refractivity contribution in [3.05, 3.63) is 48.7 Å². The van der Waals surface area contributed by atoms with Crippen molar-refractivity contribution in [2.24, 2.45) is 0 Å². The molecule has 144 valence electrons. The Bertz CT molecular complexity index is 876. The molecule has 0 amide bonds. The molecule has 1 aromatic carbocycles. The minimum atomic E-state index is -0.261. The molecule has 2 N–H and O–H groups in total. The average Bonchev–Trinajstić information content (AvgIpc) is 3.08. The number of nitrogens with two attached hydrogens (primary N) is 1. The van der Waals surface area contributed by atoms with E-state index in [2.05, 4.69) is 19.5 Å². The molecule has 2 heterocycles. The predicted molar refractivity (Wildman–Crippen MR) is 110 cm³/mol. The fourth-order valence-corrected chi connectivity index (χ4v) is 3.58. The minimum absolute atomic E-state index is 0. The van der Waals surface area contributed by atoms with Gasteiger partial charge in [0.15, 0.2) is 0 Å². The fraction of sp³-hybridized carbons (Fsp3) is 0.316. The van der Waals surface area contributed by atoms with Crippen molar-refractivity contribution in [2.45, 2.75) is 38.1 Å². The summed E-state index contributed by atoms with van der Waals surface area (Å²) in [4.78, 5) is 13.0. The third kappa shape index (κ3) is 4.39. The van der Waals surface area contributed by atoms with Gasteiger partial charge < -0.3 is 10.3 Å². The van der Waals surface area contributed by atoms with Crippen LogP contribution in [0.5, 0.6) is 0 Å². The summed E-state index contributed by atoms with van der Waals surface area (Å²) in [5, 5.41) is 0. The van der Waals surface area contributed by atoms with Gasteiger partial charge in [-0.15, -0.1) is 24.8 Å². The third-order valence-corrected chi connectivity index (χ3v) is 4.80. The normalized spacial score (nSPS) is 14.3. The number of nitrogens with zero attached hydrogens (tertiary/aromatic N) is 4. The minimum Gasteiger partial charge on any atom is -0.368 e. The number of nitrogen functional groups attached to an aromatic ring is 1. The van der Waals surface area contributed by atoms with Crippen molar-refractivity contribution in [3.63, 3.8) is 0 Å². The molecule has 0 radical (unpaired) electrons. The van der Waals surface area contributed by atoms with E-state index in [1.54, 1.807) is 18.3 Å². The van der Waals surface area contributed by atoms with Gasteiger partial charge in [0.1, 0.15) is 5.82 Å². The number of imidazole rings is 1. The lowest BCUT2D eigenvalue weighted by Gasteiger charge is -2.25. The second kappa shape index (κ2) is 9.15. The Kier molecular flexibility index (Phi) is 7.16. The fourth-order valence-electron chi connectivity index (χ4n) is 3.58. The Labute approximate surface area is 170 Å². The lowest BCUT2D eigenvalue weighted by Crippen LogP contribution is -2.13. The van der Waals surface area contributed by atoms with E-state index in [-0.39, 0.29) is 36.6 Å². The van der Waals surface area contributed by atoms with Crippen molar-refractivity contribution in [3.8, 4) is 22.6 Å². The lowest BCUT2D eigenvalue weighted by atomic mass is 9.95. The summed E-state index contributed by atoms with van der Waals surface area (Å²) < 4.78 is 15.5. The second-order valence-corrected chi connectivity index (χ2v) is 6.45. The maximum absolute atomic E-state index is 13.3. The van der Waals surface area contributed by atoms with Gasteiger partial charge >= 0.3 is 0 Å². The van der Waals surface area contributed by atoms with Gasteiger partial charge in [0.05, 0.1) is 23.4 Å². The number of halogens is 3. The molecule has 0 bridgehead atoms. The molecule has 0 aliphatic heterocycles. The summed E-state index contributed by atoms with van der Waals surface area (Å²) in [7, 11) is 0. The summed E-state index contributed by atoms with van der Waals surface area (Å²) in [6.07, 6.45) is 9.53. The highest BCUT2D eigenvalue weighted by Crippen LogP contribution is 2.37. The molecule has 1 aliphatic carbocycles. The molecule has 3 aromatic rings. The number of hydrogen-bond donors (Lipinski definition) is 1. The molecule has 4 rings (SSSR count). The summed E-state index contributed by atoms with van der Waals surface area (Å²) in [6, 6.07) is 8.65. The van der Waals surface area contributed by atoms with Gasteiger partial charge in [-0.1, -0.05) is 19.3 Å². The first-order chi connectivity index (χ1) is 12.2. The van der Waals surface area contributed by atoms with Crippen LogP contribution in [0.2, 0.25) is 0 Å². The SMILES string of the molecule is Cl.Cl.Nc1nccc(-c2c(-c3ccc(F)cc3)ncn2C2CCCCC2)n1. The number of benzene rings is 1. The quantitative estimate of drug-likeness (QED) is 0.654. The maximum atomic E-state index is 13.3. The van der Waals surface area contributed by atoms with Crippen LogP contribution in [0.1, 0.15) is 38.1 Å². The predicted octanol–water partition coefficient (Wildman–Crippen LogP) is 5.08. The number of aromatic nitrogens is 4. The van der Waals surface area contributed by atoms with Crippen LogP contribution in [0.15, 0.2) is 42.9 Å². The lowest BCUT2D eigenvalue weighted by molar-refractivity contribution is 0.355. The topological polar surface area (TPSA) is 69.6 Å². The number of hydrogen-bond acceptors (Lipinski definition) is 4. The molecular formula is C19H22Cl2FN5. The van der Waals surface area contributed by atoms with Crippen LogP contribution in [0, 0.1) is 5.82 Å². The largest absolute Gasteiger partial charge is 0.368 e. The first-order valence-electron chi connectivity index (χ1n) is 8.64. The van der Waals surface area contributed by atoms with E-state index in [1.807, 2.05) is 12.4 Å². The Morgan fingerprint density at radius 2 is 1.67 bits per heavy atom. The zero-order chi connectivity index (χ0) is 17.2. The van der Waals surface area contributed by atoms with Gasteiger partial charge in [0.2, 0.25) is 5.95 Å². The standard InChI is InChI=1S/C19H20FN5.2ClH/c20-14-8-6-13(7-9-14)17-18(16-10-11-22-19(21)24-16)25(12-23-17)15-4-2-1-3-5-15;;/h6-12,15H,1-5H2,(H2,21,22,24);2*1H. The van der Waals surface area contributed by atoms with E-state index in [4.69, 9.17) is 5.73 Å².